The molecule has 0 aliphatic carbocycles. The molecule has 1 unspecified atom stereocenters. The number of nitrogens with zero attached hydrogens (tertiary/aromatic N) is 10. The number of alkyl halides is 2. The highest BCUT2D eigenvalue weighted by atomic mass is 19.3. The summed E-state index contributed by atoms with van der Waals surface area (Å²) < 4.78 is 46.6. The van der Waals surface area contributed by atoms with Crippen molar-refractivity contribution in [2.24, 2.45) is 19.8 Å². The molecule has 0 amide bonds. The van der Waals surface area contributed by atoms with E-state index in [1.807, 2.05) is 97.8 Å². The van der Waals surface area contributed by atoms with E-state index in [1.54, 1.807) is 73.7 Å². The van der Waals surface area contributed by atoms with E-state index in [1.165, 1.54) is 0 Å². The Labute approximate surface area is 375 Å². The average Bonchev–Trinajstić information content (AvgIpc) is 3.94. The number of nitrogens with two attached hydrogens (primary N) is 1. The number of aromatic nitrogens is 8. The molecule has 4 heterocycles. The molecule has 0 spiro atoms. The van der Waals surface area contributed by atoms with Crippen LogP contribution in [0, 0.1) is 0 Å². The molecule has 0 saturated heterocycles. The minimum Gasteiger partial charge on any atom is -0.508 e. The Hall–Kier alpha value is -7.44. The zero-order chi connectivity index (χ0) is 46.3. The molecular weight excluding hydrogens is 835 g/mol. The van der Waals surface area contributed by atoms with Crippen LogP contribution in [-0.2, 0) is 14.1 Å². The number of hydrogen-bond acceptors (Lipinski definition) is 14. The maximum Gasteiger partial charge on any atom is 0.257 e. The van der Waals surface area contributed by atoms with E-state index in [-0.39, 0.29) is 11.8 Å². The quantitative estimate of drug-likeness (QED) is 0.0861. The van der Waals surface area contributed by atoms with Gasteiger partial charge in [-0.2, -0.15) is 10.2 Å². The van der Waals surface area contributed by atoms with Crippen LogP contribution in [-0.4, -0.2) is 104 Å². The Balaban J connectivity index is 0.000000198. The van der Waals surface area contributed by atoms with Crippen LogP contribution in [0.1, 0.15) is 13.8 Å². The van der Waals surface area contributed by atoms with Gasteiger partial charge in [0.2, 0.25) is 0 Å². The summed E-state index contributed by atoms with van der Waals surface area (Å²) >= 11 is 0. The lowest BCUT2D eigenvalue weighted by Gasteiger charge is -2.32. The topological polar surface area (TPSA) is 180 Å². The summed E-state index contributed by atoms with van der Waals surface area (Å²) in [6.45, 7) is 3.78. The summed E-state index contributed by atoms with van der Waals surface area (Å²) in [6.07, 6.45) is 10.8. The van der Waals surface area contributed by atoms with Gasteiger partial charge in [0.25, 0.3) is 5.92 Å². The van der Waals surface area contributed by atoms with Crippen molar-refractivity contribution in [2.45, 2.75) is 25.8 Å². The third-order valence-electron chi connectivity index (χ3n) is 10.3. The van der Waals surface area contributed by atoms with Gasteiger partial charge in [-0.25, -0.2) is 18.7 Å². The van der Waals surface area contributed by atoms with Gasteiger partial charge in [0.15, 0.2) is 0 Å². The Morgan fingerprint density at radius 3 is 1.72 bits per heavy atom. The summed E-state index contributed by atoms with van der Waals surface area (Å²) in [7, 11) is 8.45. The summed E-state index contributed by atoms with van der Waals surface area (Å²) in [5, 5.41) is 21.4. The van der Waals surface area contributed by atoms with E-state index in [9.17, 15) is 13.9 Å². The van der Waals surface area contributed by atoms with Crippen molar-refractivity contribution in [3.05, 3.63) is 110 Å². The number of hydrogen-bond donors (Lipinski definition) is 3. The number of rotatable bonds is 16. The average molecular weight is 887 g/mol. The number of aryl methyl sites for hydroxylation is 2. The molecule has 8 rings (SSSR count). The van der Waals surface area contributed by atoms with Gasteiger partial charge in [-0.3, -0.25) is 19.3 Å². The number of halogens is 2. The van der Waals surface area contributed by atoms with Gasteiger partial charge in [0.05, 0.1) is 86.1 Å². The van der Waals surface area contributed by atoms with E-state index in [2.05, 4.69) is 25.5 Å². The molecule has 0 aliphatic heterocycles. The van der Waals surface area contributed by atoms with Gasteiger partial charge in [-0.15, -0.1) is 0 Å². The molecule has 0 radical (unpaired) electrons. The predicted octanol–water partition coefficient (Wildman–Crippen LogP) is 7.66. The lowest BCUT2D eigenvalue weighted by molar-refractivity contribution is 0.0227. The Kier molecular flexibility index (Phi) is 14.0. The van der Waals surface area contributed by atoms with Crippen molar-refractivity contribution in [3.8, 4) is 45.5 Å². The van der Waals surface area contributed by atoms with Crippen LogP contribution < -0.4 is 35.1 Å². The summed E-state index contributed by atoms with van der Waals surface area (Å²) in [5.41, 5.74) is 15.4. The fourth-order valence-electron chi connectivity index (χ4n) is 7.26. The van der Waals surface area contributed by atoms with Crippen molar-refractivity contribution >= 4 is 44.8 Å². The number of phenols is 1. The smallest absolute Gasteiger partial charge is 0.257 e. The first-order valence-corrected chi connectivity index (χ1v) is 20.7. The summed E-state index contributed by atoms with van der Waals surface area (Å²) in [4.78, 5) is 22.7. The fraction of sp³-hybridized carbons (Fsp3) is 0.277. The molecular formula is C47H52F2N12O4. The minimum absolute atomic E-state index is 0.126. The highest BCUT2D eigenvalue weighted by Crippen LogP contribution is 2.37. The maximum atomic E-state index is 13.4. The van der Waals surface area contributed by atoms with Gasteiger partial charge in [0, 0.05) is 129 Å². The van der Waals surface area contributed by atoms with Crippen LogP contribution in [0.5, 0.6) is 23.0 Å². The van der Waals surface area contributed by atoms with Crippen molar-refractivity contribution in [2.75, 3.05) is 57.3 Å². The zero-order valence-corrected chi connectivity index (χ0v) is 37.3. The van der Waals surface area contributed by atoms with Crippen molar-refractivity contribution < 1.29 is 28.1 Å². The number of anilines is 4. The number of methoxy groups -OCH3 is 3. The normalized spacial score (nSPS) is 11.8. The Morgan fingerprint density at radius 1 is 0.692 bits per heavy atom. The van der Waals surface area contributed by atoms with E-state index >= 15 is 0 Å². The molecule has 65 heavy (non-hydrogen) atoms. The number of aromatic hydroxyl groups is 1. The fourth-order valence-corrected chi connectivity index (χ4v) is 7.26. The van der Waals surface area contributed by atoms with Gasteiger partial charge >= 0.3 is 0 Å². The van der Waals surface area contributed by atoms with E-state index in [0.717, 1.165) is 63.0 Å². The monoisotopic (exact) mass is 886 g/mol. The molecule has 16 nitrogen and oxygen atoms in total. The van der Waals surface area contributed by atoms with Crippen LogP contribution in [0.25, 0.3) is 44.6 Å². The number of phenolic OH excluding ortho intramolecular Hbond substituents is 1. The molecule has 0 fully saturated rings. The molecule has 4 N–H and O–H groups in total. The van der Waals surface area contributed by atoms with Crippen molar-refractivity contribution in [3.63, 3.8) is 0 Å². The van der Waals surface area contributed by atoms with Crippen LogP contribution in [0.3, 0.4) is 0 Å². The largest absolute Gasteiger partial charge is 0.508 e. The van der Waals surface area contributed by atoms with Gasteiger partial charge in [-0.1, -0.05) is 0 Å². The summed E-state index contributed by atoms with van der Waals surface area (Å²) in [6, 6.07) is 22.1. The molecule has 1 atom stereocenters. The second-order valence-electron chi connectivity index (χ2n) is 15.5. The molecule has 18 heteroatoms. The Morgan fingerprint density at radius 2 is 1.22 bits per heavy atom. The van der Waals surface area contributed by atoms with E-state index in [4.69, 9.17) is 29.9 Å². The van der Waals surface area contributed by atoms with Crippen LogP contribution in [0.4, 0.5) is 31.5 Å². The van der Waals surface area contributed by atoms with E-state index in [0.29, 0.717) is 48.1 Å². The highest BCUT2D eigenvalue weighted by molar-refractivity contribution is 5.84. The number of nitrogens with one attached hydrogen (secondary N) is 1. The van der Waals surface area contributed by atoms with Crippen LogP contribution in [0.15, 0.2) is 110 Å². The van der Waals surface area contributed by atoms with Crippen molar-refractivity contribution in [1.82, 2.24) is 44.8 Å². The molecule has 0 aliphatic rings. The molecule has 0 saturated carbocycles. The lowest BCUT2D eigenvalue weighted by atomic mass is 10.1. The molecule has 4 aromatic carbocycles. The number of ether oxygens (including phenoxy) is 3. The molecule has 8 aromatic rings. The first-order chi connectivity index (χ1) is 31.2. The maximum absolute atomic E-state index is 13.4. The number of benzene rings is 4. The standard InChI is InChI=1S/C26H30F2N6O2.C21H22N6O2/c1-17(12-29-16-26(2,27)28)34(20-8-21(35-4)11-22(9-20)36-5)19-6-7-23-24(10-19)32-25(14-30-23)18-13-31-33(3)15-18;1-26-13-14(11-24-26)21-12-23-19-4-3-15(9-20(19)25-21)27(6-5-22)16-7-17(28)10-18(8-16)29-2/h6-11,13-15,17,29H,12,16H2,1-5H3;3-4,7-13,28H,5-6,22H2,1-2H3. The minimum atomic E-state index is -2.80. The molecule has 338 valence electrons. The third-order valence-corrected chi connectivity index (χ3v) is 10.3. The zero-order valence-electron chi connectivity index (χ0n) is 37.3. The lowest BCUT2D eigenvalue weighted by Crippen LogP contribution is -2.41. The van der Waals surface area contributed by atoms with Gasteiger partial charge < -0.3 is 40.2 Å². The summed E-state index contributed by atoms with van der Waals surface area (Å²) in [5.74, 6) is -0.865. The van der Waals surface area contributed by atoms with Crippen molar-refractivity contribution in [1.29, 1.82) is 0 Å². The van der Waals surface area contributed by atoms with Gasteiger partial charge in [-0.05, 0) is 43.3 Å². The molecule has 4 aromatic heterocycles. The predicted molar refractivity (Wildman–Crippen MR) is 249 cm³/mol. The second-order valence-corrected chi connectivity index (χ2v) is 15.5. The molecule has 0 bridgehead atoms. The van der Waals surface area contributed by atoms with Gasteiger partial charge in [0.1, 0.15) is 23.0 Å². The van der Waals surface area contributed by atoms with E-state index < -0.39 is 12.5 Å². The highest BCUT2D eigenvalue weighted by Gasteiger charge is 2.24. The van der Waals surface area contributed by atoms with Crippen LogP contribution in [0.2, 0.25) is 0 Å². The SMILES string of the molecule is COc1cc(O)cc(N(CCN)c2ccc3ncc(-c4cnn(C)c4)nc3c2)c1.COc1cc(OC)cc(N(c2ccc3ncc(-c4cnn(C)c4)nc3c2)C(C)CNCC(C)(F)F)c1. The Bertz CT molecular complexity index is 2860. The first-order valence-electron chi connectivity index (χ1n) is 20.7. The third kappa shape index (κ3) is 11.2. The van der Waals surface area contributed by atoms with Crippen LogP contribution >= 0.6 is 0 Å². The number of fused-ring (bicyclic) bond motifs is 2. The second kappa shape index (κ2) is 19.9. The first kappa shape index (κ1) is 45.6.